The van der Waals surface area contributed by atoms with Crippen LogP contribution in [0.3, 0.4) is 0 Å². The first kappa shape index (κ1) is 26.1. The van der Waals surface area contributed by atoms with Crippen LogP contribution in [-0.4, -0.2) is 60.9 Å². The summed E-state index contributed by atoms with van der Waals surface area (Å²) in [5, 5.41) is 26.0. The van der Waals surface area contributed by atoms with Gasteiger partial charge in [-0.15, -0.1) is 0 Å². The fourth-order valence-electron chi connectivity index (χ4n) is 3.61. The Balaban J connectivity index is 1.86. The molecule has 1 amide bonds. The molecule has 182 valence electrons. The molecular weight excluding hydrogens is 558 g/mol. The van der Waals surface area contributed by atoms with E-state index in [1.54, 1.807) is 24.3 Å². The van der Waals surface area contributed by atoms with Crippen LogP contribution in [0.4, 0.5) is 4.39 Å². The van der Waals surface area contributed by atoms with Gasteiger partial charge in [-0.1, -0.05) is 12.1 Å². The smallest absolute Gasteiger partial charge is 0.247 e. The van der Waals surface area contributed by atoms with Crippen LogP contribution < -0.4 is 20.1 Å². The summed E-state index contributed by atoms with van der Waals surface area (Å²) in [7, 11) is 1.45. The van der Waals surface area contributed by atoms with Crippen LogP contribution in [0.15, 0.2) is 48.0 Å². The highest BCUT2D eigenvalue weighted by Gasteiger charge is 2.36. The third-order valence-corrected chi connectivity index (χ3v) is 6.17. The molecule has 3 rings (SSSR count). The van der Waals surface area contributed by atoms with Crippen molar-refractivity contribution >= 4 is 34.8 Å². The molecule has 3 unspecified atom stereocenters. The lowest BCUT2D eigenvalue weighted by molar-refractivity contribution is -0.118. The summed E-state index contributed by atoms with van der Waals surface area (Å²) in [6.07, 6.45) is 0.539. The predicted molar refractivity (Wildman–Crippen MR) is 131 cm³/mol. The standard InChI is InChI=1S/C24H26FIN2O6/c1-33-21-9-15(13-30)8-18(26)23(21)34-20-11-16(24(32)27-6-7-29)10-19(22(20)31)28-12-14-2-4-17(25)5-3-14/h2-5,8-9,11,13,19-20,22,28-29,31H,6-7,10,12H2,1H3,(H,27,32). The number of aliphatic hydroxyl groups excluding tert-OH is 2. The highest BCUT2D eigenvalue weighted by molar-refractivity contribution is 14.1. The summed E-state index contributed by atoms with van der Waals surface area (Å²) in [6, 6.07) is 8.59. The molecule has 0 spiro atoms. The number of aliphatic hydroxyl groups is 2. The van der Waals surface area contributed by atoms with Crippen LogP contribution in [0.2, 0.25) is 0 Å². The average Bonchev–Trinajstić information content (AvgIpc) is 2.84. The van der Waals surface area contributed by atoms with E-state index in [1.165, 1.54) is 25.3 Å². The van der Waals surface area contributed by atoms with Gasteiger partial charge in [-0.3, -0.25) is 9.59 Å². The van der Waals surface area contributed by atoms with Crippen molar-refractivity contribution in [3.8, 4) is 11.5 Å². The highest BCUT2D eigenvalue weighted by Crippen LogP contribution is 2.36. The zero-order valence-electron chi connectivity index (χ0n) is 18.5. The van der Waals surface area contributed by atoms with Crippen LogP contribution in [0, 0.1) is 9.39 Å². The Hall–Kier alpha value is -2.54. The number of methoxy groups -OCH3 is 1. The van der Waals surface area contributed by atoms with E-state index in [0.717, 1.165) is 5.56 Å². The minimum Gasteiger partial charge on any atom is -0.493 e. The van der Waals surface area contributed by atoms with Gasteiger partial charge in [0.1, 0.15) is 24.3 Å². The minimum absolute atomic E-state index is 0.0941. The van der Waals surface area contributed by atoms with Gasteiger partial charge in [-0.25, -0.2) is 4.39 Å². The Morgan fingerprint density at radius 1 is 1.29 bits per heavy atom. The lowest BCUT2D eigenvalue weighted by Crippen LogP contribution is -2.51. The molecule has 8 nitrogen and oxygen atoms in total. The van der Waals surface area contributed by atoms with Crippen molar-refractivity contribution in [1.29, 1.82) is 0 Å². The number of hydrogen-bond acceptors (Lipinski definition) is 7. The second kappa shape index (κ2) is 12.2. The van der Waals surface area contributed by atoms with Crippen LogP contribution in [-0.2, 0) is 11.3 Å². The zero-order valence-corrected chi connectivity index (χ0v) is 20.6. The largest absolute Gasteiger partial charge is 0.493 e. The maximum atomic E-state index is 13.2. The van der Waals surface area contributed by atoms with E-state index in [9.17, 15) is 19.1 Å². The summed E-state index contributed by atoms with van der Waals surface area (Å²) in [5.74, 6) is -0.0588. The molecule has 0 aliphatic heterocycles. The van der Waals surface area contributed by atoms with Crippen molar-refractivity contribution in [3.05, 3.63) is 68.6 Å². The quantitative estimate of drug-likeness (QED) is 0.249. The summed E-state index contributed by atoms with van der Waals surface area (Å²) in [6.45, 7) is 0.234. The Labute approximate surface area is 210 Å². The number of ether oxygens (including phenoxy) is 2. The van der Waals surface area contributed by atoms with E-state index in [1.807, 2.05) is 22.6 Å². The first-order chi connectivity index (χ1) is 16.4. The number of halogens is 2. The zero-order chi connectivity index (χ0) is 24.7. The van der Waals surface area contributed by atoms with Gasteiger partial charge in [0.2, 0.25) is 5.91 Å². The van der Waals surface area contributed by atoms with E-state index in [2.05, 4.69) is 10.6 Å². The summed E-state index contributed by atoms with van der Waals surface area (Å²) in [4.78, 5) is 23.8. The first-order valence-corrected chi connectivity index (χ1v) is 11.7. The molecule has 0 aromatic heterocycles. The van der Waals surface area contributed by atoms with Gasteiger partial charge in [0.05, 0.1) is 17.3 Å². The molecule has 0 heterocycles. The molecule has 0 bridgehead atoms. The van der Waals surface area contributed by atoms with E-state index in [0.29, 0.717) is 39.0 Å². The lowest BCUT2D eigenvalue weighted by Gasteiger charge is -2.34. The van der Waals surface area contributed by atoms with Crippen LogP contribution in [0.25, 0.3) is 0 Å². The van der Waals surface area contributed by atoms with Gasteiger partial charge in [-0.05, 0) is 64.9 Å². The molecule has 0 saturated heterocycles. The third kappa shape index (κ3) is 6.53. The van der Waals surface area contributed by atoms with Gasteiger partial charge in [0.25, 0.3) is 0 Å². The second-order valence-electron chi connectivity index (χ2n) is 7.71. The number of carbonyl (C=O) groups excluding carboxylic acids is 2. The van der Waals surface area contributed by atoms with Crippen molar-refractivity contribution in [2.24, 2.45) is 0 Å². The van der Waals surface area contributed by atoms with Crippen LogP contribution in [0.1, 0.15) is 22.3 Å². The number of rotatable bonds is 10. The number of hydrogen-bond donors (Lipinski definition) is 4. The molecule has 34 heavy (non-hydrogen) atoms. The number of carbonyl (C=O) groups is 2. The topological polar surface area (TPSA) is 117 Å². The SMILES string of the molecule is COc1cc(C=O)cc(I)c1OC1C=C(C(=O)NCCO)CC(NCc2ccc(F)cc2)C1O. The molecule has 4 N–H and O–H groups in total. The molecule has 0 radical (unpaired) electrons. The van der Waals surface area contributed by atoms with E-state index in [4.69, 9.17) is 14.6 Å². The number of benzene rings is 2. The average molecular weight is 584 g/mol. The van der Waals surface area contributed by atoms with Gasteiger partial charge in [-0.2, -0.15) is 0 Å². The maximum Gasteiger partial charge on any atom is 0.247 e. The molecule has 1 aliphatic carbocycles. The molecule has 0 saturated carbocycles. The summed E-state index contributed by atoms with van der Waals surface area (Å²) >= 11 is 2.01. The van der Waals surface area contributed by atoms with Crippen LogP contribution >= 0.6 is 22.6 Å². The lowest BCUT2D eigenvalue weighted by atomic mass is 9.89. The Morgan fingerprint density at radius 2 is 2.03 bits per heavy atom. The van der Waals surface area contributed by atoms with Crippen molar-refractivity contribution < 1.29 is 33.7 Å². The van der Waals surface area contributed by atoms with Gasteiger partial charge in [0, 0.05) is 30.3 Å². The molecule has 0 fully saturated rings. The molecule has 2 aromatic rings. The van der Waals surface area contributed by atoms with Gasteiger partial charge in [0.15, 0.2) is 11.5 Å². The highest BCUT2D eigenvalue weighted by atomic mass is 127. The van der Waals surface area contributed by atoms with Crippen molar-refractivity contribution in [3.63, 3.8) is 0 Å². The fraction of sp³-hybridized carbons (Fsp3) is 0.333. The minimum atomic E-state index is -1.03. The van der Waals surface area contributed by atoms with E-state index >= 15 is 0 Å². The Morgan fingerprint density at radius 3 is 2.68 bits per heavy atom. The summed E-state index contributed by atoms with van der Waals surface area (Å²) < 4.78 is 25.3. The third-order valence-electron chi connectivity index (χ3n) is 5.37. The van der Waals surface area contributed by atoms with Crippen molar-refractivity contribution in [2.45, 2.75) is 31.2 Å². The van der Waals surface area contributed by atoms with E-state index in [-0.39, 0.29) is 31.3 Å². The number of amides is 1. The molecule has 3 atom stereocenters. The normalized spacial score (nSPS) is 19.8. The molecular formula is C24H26FIN2O6. The van der Waals surface area contributed by atoms with E-state index < -0.39 is 18.2 Å². The molecule has 1 aliphatic rings. The Kier molecular flexibility index (Phi) is 9.39. The number of nitrogens with one attached hydrogen (secondary N) is 2. The monoisotopic (exact) mass is 584 g/mol. The van der Waals surface area contributed by atoms with Crippen molar-refractivity contribution in [1.82, 2.24) is 10.6 Å². The van der Waals surface area contributed by atoms with Gasteiger partial charge < -0.3 is 30.3 Å². The predicted octanol–water partition coefficient (Wildman–Crippen LogP) is 1.96. The van der Waals surface area contributed by atoms with Gasteiger partial charge >= 0.3 is 0 Å². The number of aldehydes is 1. The summed E-state index contributed by atoms with van der Waals surface area (Å²) in [5.41, 5.74) is 1.61. The fourth-order valence-corrected chi connectivity index (χ4v) is 4.36. The Bertz CT molecular complexity index is 1050. The molecule has 2 aromatic carbocycles. The second-order valence-corrected chi connectivity index (χ2v) is 8.88. The van der Waals surface area contributed by atoms with Crippen LogP contribution in [0.5, 0.6) is 11.5 Å². The maximum absolute atomic E-state index is 13.2. The first-order valence-electron chi connectivity index (χ1n) is 10.6. The van der Waals surface area contributed by atoms with Crippen molar-refractivity contribution in [2.75, 3.05) is 20.3 Å². The molecule has 10 heteroatoms.